The average molecular weight is 340 g/mol. The highest BCUT2D eigenvalue weighted by Crippen LogP contribution is 2.13. The molecule has 0 saturated carbocycles. The fourth-order valence-electron chi connectivity index (χ4n) is 1.82. The molecule has 0 amide bonds. The number of hydrogen-bond acceptors (Lipinski definition) is 5. The quantitative estimate of drug-likeness (QED) is 0.803. The van der Waals surface area contributed by atoms with Gasteiger partial charge in [-0.05, 0) is 24.6 Å². The van der Waals surface area contributed by atoms with E-state index in [1.807, 2.05) is 12.3 Å². The Kier molecular flexibility index (Phi) is 5.28. The highest BCUT2D eigenvalue weighted by molar-refractivity contribution is 7.89. The second-order valence-corrected chi connectivity index (χ2v) is 7.28. The highest BCUT2D eigenvalue weighted by Gasteiger charge is 2.15. The van der Waals surface area contributed by atoms with Crippen molar-refractivity contribution in [2.75, 3.05) is 6.54 Å². The number of carboxylic acids is 1. The maximum atomic E-state index is 12.1. The number of benzene rings is 1. The number of aromatic nitrogens is 1. The van der Waals surface area contributed by atoms with Gasteiger partial charge in [-0.15, -0.1) is 11.3 Å². The van der Waals surface area contributed by atoms with Crippen LogP contribution in [-0.4, -0.2) is 31.0 Å². The molecule has 1 heterocycles. The van der Waals surface area contributed by atoms with E-state index in [9.17, 15) is 13.2 Å². The standard InChI is InChI=1S/C14H16N2O4S2/c1-2-13-16-11(9-21-13)6-7-15-22(19,20)12-5-3-4-10(8-12)14(17)18/h3-5,8-9,15H,2,6-7H2,1H3,(H,17,18). The lowest BCUT2D eigenvalue weighted by Crippen LogP contribution is -2.26. The van der Waals surface area contributed by atoms with Crippen LogP contribution in [0.3, 0.4) is 0 Å². The highest BCUT2D eigenvalue weighted by atomic mass is 32.2. The van der Waals surface area contributed by atoms with Gasteiger partial charge >= 0.3 is 5.97 Å². The Balaban J connectivity index is 2.01. The molecule has 0 aliphatic carbocycles. The number of nitrogens with one attached hydrogen (secondary N) is 1. The maximum Gasteiger partial charge on any atom is 0.335 e. The van der Waals surface area contributed by atoms with Gasteiger partial charge in [-0.25, -0.2) is 22.9 Å². The van der Waals surface area contributed by atoms with E-state index in [2.05, 4.69) is 9.71 Å². The van der Waals surface area contributed by atoms with Crippen LogP contribution in [0.15, 0.2) is 34.5 Å². The first-order valence-electron chi connectivity index (χ1n) is 6.68. The molecular formula is C14H16N2O4S2. The van der Waals surface area contributed by atoms with Crippen LogP contribution in [0, 0.1) is 0 Å². The van der Waals surface area contributed by atoms with Gasteiger partial charge in [0.2, 0.25) is 10.0 Å². The van der Waals surface area contributed by atoms with Gasteiger partial charge in [0.1, 0.15) is 0 Å². The second kappa shape index (κ2) is 6.99. The molecule has 2 rings (SSSR count). The van der Waals surface area contributed by atoms with Gasteiger partial charge in [-0.1, -0.05) is 13.0 Å². The smallest absolute Gasteiger partial charge is 0.335 e. The summed E-state index contributed by atoms with van der Waals surface area (Å²) in [5, 5.41) is 11.8. The number of aryl methyl sites for hydroxylation is 1. The first-order chi connectivity index (χ1) is 10.4. The Hall–Kier alpha value is -1.77. The van der Waals surface area contributed by atoms with Crippen molar-refractivity contribution in [3.8, 4) is 0 Å². The Bertz CT molecular complexity index is 769. The summed E-state index contributed by atoms with van der Waals surface area (Å²) in [7, 11) is -3.72. The first-order valence-corrected chi connectivity index (χ1v) is 9.05. The third-order valence-corrected chi connectivity index (χ3v) is 5.47. The Morgan fingerprint density at radius 1 is 1.41 bits per heavy atom. The topological polar surface area (TPSA) is 96.4 Å². The molecule has 2 N–H and O–H groups in total. The molecule has 6 nitrogen and oxygen atoms in total. The molecule has 0 unspecified atom stereocenters. The second-order valence-electron chi connectivity index (χ2n) is 4.57. The summed E-state index contributed by atoms with van der Waals surface area (Å²) in [5.41, 5.74) is 0.791. The van der Waals surface area contributed by atoms with Crippen LogP contribution in [0.2, 0.25) is 0 Å². The predicted octanol–water partition coefficient (Wildman–Crippen LogP) is 1.92. The number of thiazole rings is 1. The predicted molar refractivity (Wildman–Crippen MR) is 83.8 cm³/mol. The molecule has 0 aliphatic heterocycles. The molecule has 0 saturated heterocycles. The molecule has 0 bridgehead atoms. The summed E-state index contributed by atoms with van der Waals surface area (Å²) in [6.45, 7) is 2.23. The summed E-state index contributed by atoms with van der Waals surface area (Å²) >= 11 is 1.56. The fraction of sp³-hybridized carbons (Fsp3) is 0.286. The van der Waals surface area contributed by atoms with Crippen molar-refractivity contribution in [2.24, 2.45) is 0 Å². The molecule has 0 atom stereocenters. The number of carbonyl (C=O) groups is 1. The number of sulfonamides is 1. The third-order valence-electron chi connectivity index (χ3n) is 2.97. The zero-order valence-electron chi connectivity index (χ0n) is 11.9. The largest absolute Gasteiger partial charge is 0.478 e. The zero-order valence-corrected chi connectivity index (χ0v) is 13.6. The number of aromatic carboxylic acids is 1. The van der Waals surface area contributed by atoms with E-state index in [0.29, 0.717) is 6.42 Å². The van der Waals surface area contributed by atoms with Crippen LogP contribution in [0.5, 0.6) is 0 Å². The van der Waals surface area contributed by atoms with Crippen molar-refractivity contribution in [3.63, 3.8) is 0 Å². The lowest BCUT2D eigenvalue weighted by molar-refractivity contribution is 0.0696. The lowest BCUT2D eigenvalue weighted by atomic mass is 10.2. The Labute approximate surface area is 132 Å². The summed E-state index contributed by atoms with van der Waals surface area (Å²) in [6.07, 6.45) is 1.35. The number of rotatable bonds is 7. The molecule has 118 valence electrons. The van der Waals surface area contributed by atoms with Crippen LogP contribution >= 0.6 is 11.3 Å². The van der Waals surface area contributed by atoms with E-state index in [0.717, 1.165) is 23.2 Å². The number of nitrogens with zero attached hydrogens (tertiary/aromatic N) is 1. The Morgan fingerprint density at radius 3 is 2.82 bits per heavy atom. The summed E-state index contributed by atoms with van der Waals surface area (Å²) in [4.78, 5) is 15.2. The van der Waals surface area contributed by atoms with Gasteiger partial charge in [0.25, 0.3) is 0 Å². The SMILES string of the molecule is CCc1nc(CCNS(=O)(=O)c2cccc(C(=O)O)c2)cs1. The van der Waals surface area contributed by atoms with Crippen LogP contribution in [-0.2, 0) is 22.9 Å². The number of carboxylic acid groups (broad SMARTS) is 1. The van der Waals surface area contributed by atoms with Gasteiger partial charge in [0, 0.05) is 18.3 Å². The molecule has 22 heavy (non-hydrogen) atoms. The van der Waals surface area contributed by atoms with Crippen molar-refractivity contribution >= 4 is 27.3 Å². The maximum absolute atomic E-state index is 12.1. The molecule has 8 heteroatoms. The van der Waals surface area contributed by atoms with Gasteiger partial charge in [-0.3, -0.25) is 0 Å². The van der Waals surface area contributed by atoms with Gasteiger partial charge in [-0.2, -0.15) is 0 Å². The summed E-state index contributed by atoms with van der Waals surface area (Å²) in [6, 6.07) is 5.27. The summed E-state index contributed by atoms with van der Waals surface area (Å²) < 4.78 is 26.7. The zero-order chi connectivity index (χ0) is 16.2. The van der Waals surface area contributed by atoms with Crippen molar-refractivity contribution in [2.45, 2.75) is 24.7 Å². The molecular weight excluding hydrogens is 324 g/mol. The van der Waals surface area contributed by atoms with Crippen molar-refractivity contribution in [3.05, 3.63) is 45.9 Å². The van der Waals surface area contributed by atoms with E-state index < -0.39 is 16.0 Å². The monoisotopic (exact) mass is 340 g/mol. The van der Waals surface area contributed by atoms with E-state index >= 15 is 0 Å². The third kappa shape index (κ3) is 4.12. The Morgan fingerprint density at radius 2 is 2.18 bits per heavy atom. The molecule has 1 aromatic carbocycles. The first kappa shape index (κ1) is 16.6. The molecule has 0 spiro atoms. The van der Waals surface area contributed by atoms with Crippen molar-refractivity contribution < 1.29 is 18.3 Å². The fourth-order valence-corrected chi connectivity index (χ4v) is 3.68. The van der Waals surface area contributed by atoms with Gasteiger partial charge in [0.05, 0.1) is 21.2 Å². The minimum atomic E-state index is -3.72. The molecule has 0 fully saturated rings. The molecule has 1 aromatic heterocycles. The lowest BCUT2D eigenvalue weighted by Gasteiger charge is -2.06. The van der Waals surface area contributed by atoms with Crippen LogP contribution in [0.25, 0.3) is 0 Å². The van der Waals surface area contributed by atoms with Crippen LogP contribution in [0.4, 0.5) is 0 Å². The van der Waals surface area contributed by atoms with E-state index in [1.54, 1.807) is 11.3 Å². The minimum absolute atomic E-state index is 0.0556. The summed E-state index contributed by atoms with van der Waals surface area (Å²) in [5.74, 6) is -1.16. The normalized spacial score (nSPS) is 11.5. The van der Waals surface area contributed by atoms with Crippen LogP contribution in [0.1, 0.15) is 28.0 Å². The number of hydrogen-bond donors (Lipinski definition) is 2. The average Bonchev–Trinajstić information content (AvgIpc) is 2.95. The molecule has 2 aromatic rings. The molecule has 0 radical (unpaired) electrons. The van der Waals surface area contributed by atoms with Gasteiger partial charge < -0.3 is 5.11 Å². The molecule has 0 aliphatic rings. The minimum Gasteiger partial charge on any atom is -0.478 e. The van der Waals surface area contributed by atoms with Crippen molar-refractivity contribution in [1.29, 1.82) is 0 Å². The van der Waals surface area contributed by atoms with E-state index in [4.69, 9.17) is 5.11 Å². The van der Waals surface area contributed by atoms with E-state index in [1.165, 1.54) is 18.2 Å². The van der Waals surface area contributed by atoms with Crippen molar-refractivity contribution in [1.82, 2.24) is 9.71 Å². The van der Waals surface area contributed by atoms with Gasteiger partial charge in [0.15, 0.2) is 0 Å². The van der Waals surface area contributed by atoms with Crippen LogP contribution < -0.4 is 4.72 Å². The van der Waals surface area contributed by atoms with E-state index in [-0.39, 0.29) is 17.0 Å².